The molecule has 1 nitrogen and oxygen atoms in total. The van der Waals surface area contributed by atoms with Crippen molar-refractivity contribution in [2.75, 3.05) is 4.44 Å². The van der Waals surface area contributed by atoms with Gasteiger partial charge in [0.05, 0.1) is 0 Å². The van der Waals surface area contributed by atoms with Gasteiger partial charge in [0.1, 0.15) is 0 Å². The van der Waals surface area contributed by atoms with Crippen LogP contribution in [0.4, 0.5) is 5.69 Å². The summed E-state index contributed by atoms with van der Waals surface area (Å²) >= 11 is 0. The largest absolute Gasteiger partial charge is 0.318 e. The number of hydrogen-bond donors (Lipinski definition) is 0. The molecule has 5 aromatic carbocycles. The fraction of sp³-hybridized carbons (Fsp3) is 0. The van der Waals surface area contributed by atoms with Gasteiger partial charge in [-0.1, -0.05) is 152 Å². The average Bonchev–Trinajstić information content (AvgIpc) is 2.95. The van der Waals surface area contributed by atoms with Crippen LogP contribution in [0.25, 0.3) is 0 Å². The normalized spacial score (nSPS) is 11.7. The quantitative estimate of drug-likeness (QED) is 0.235. The number of anilines is 1. The maximum absolute atomic E-state index is 5.13. The van der Waals surface area contributed by atoms with E-state index in [-0.39, 0.29) is 0 Å². The molecule has 0 unspecified atom stereocenters. The van der Waals surface area contributed by atoms with Crippen molar-refractivity contribution in [3.05, 3.63) is 152 Å². The lowest BCUT2D eigenvalue weighted by Crippen LogP contribution is -2.37. The molecule has 5 aromatic rings. The van der Waals surface area contributed by atoms with E-state index in [1.165, 1.54) is 21.2 Å². The average molecular weight is 490 g/mol. The van der Waals surface area contributed by atoms with E-state index >= 15 is 0 Å². The van der Waals surface area contributed by atoms with Crippen molar-refractivity contribution in [3.8, 4) is 0 Å². The number of rotatable bonds is 7. The summed E-state index contributed by atoms with van der Waals surface area (Å²) in [5.74, 6) is 0. The Hall–Kier alpha value is -3.50. The zero-order valence-electron chi connectivity index (χ0n) is 19.7. The number of benzene rings is 5. The van der Waals surface area contributed by atoms with Gasteiger partial charge in [-0.2, -0.15) is 0 Å². The topological polar surface area (TPSA) is 3.24 Å². The summed E-state index contributed by atoms with van der Waals surface area (Å²) in [6.07, 6.45) is 10.3. The molecule has 0 fully saturated rings. The molecule has 5 rings (SSSR count). The van der Waals surface area contributed by atoms with E-state index in [0.29, 0.717) is 0 Å². The van der Waals surface area contributed by atoms with Crippen molar-refractivity contribution >= 4 is 53.6 Å². The first-order chi connectivity index (χ1) is 17.1. The van der Waals surface area contributed by atoms with Gasteiger partial charge in [-0.15, -0.1) is 0 Å². The molecule has 0 aliphatic carbocycles. The minimum atomic E-state index is -2.39. The fourth-order valence-electron chi connectivity index (χ4n) is 4.65. The highest BCUT2D eigenvalue weighted by Gasteiger charge is 2.38. The van der Waals surface area contributed by atoms with Crippen LogP contribution in [-0.4, -0.2) is 12.6 Å². The van der Waals surface area contributed by atoms with E-state index in [0.717, 1.165) is 5.69 Å². The highest BCUT2D eigenvalue weighted by atomic mass is 31.2. The minimum absolute atomic E-state index is 1.14. The number of hydrogen-bond acceptors (Lipinski definition) is 1. The SMILES string of the molecule is C=P(c1ccccc1)(c1ccccc1)N(c1ccccc1)P(=C)(c1ccccc1)c1ccccc1. The van der Waals surface area contributed by atoms with Gasteiger partial charge in [-0.25, -0.2) is 0 Å². The van der Waals surface area contributed by atoms with Crippen LogP contribution in [0.15, 0.2) is 152 Å². The van der Waals surface area contributed by atoms with E-state index < -0.39 is 14.1 Å². The second kappa shape index (κ2) is 10.0. The Balaban J connectivity index is 1.92. The summed E-state index contributed by atoms with van der Waals surface area (Å²) in [7, 11) is -4.78. The molecule has 0 amide bonds. The molecule has 0 radical (unpaired) electrons. The molecule has 0 heterocycles. The molecular formula is C32H29NP2. The molecule has 3 heteroatoms. The molecule has 0 saturated heterocycles. The standard InChI is InChI=1S/C32H29NP2/c1-34(29-20-10-4-11-21-29,30-22-12-5-13-23-30)33(28-18-8-3-9-19-28)35(2,31-24-14-6-15-25-31)32-26-16-7-17-27-32/h3-27H,1-2H2. The predicted octanol–water partition coefficient (Wildman–Crippen LogP) is 6.52. The molecule has 0 N–H and O–H groups in total. The van der Waals surface area contributed by atoms with Gasteiger partial charge in [0, 0.05) is 19.8 Å². The van der Waals surface area contributed by atoms with Gasteiger partial charge in [-0.05, 0) is 33.4 Å². The zero-order chi connectivity index (χ0) is 24.1. The fourth-order valence-corrected chi connectivity index (χ4v) is 13.2. The first kappa shape index (κ1) is 23.3. The van der Waals surface area contributed by atoms with Crippen LogP contribution in [0.3, 0.4) is 0 Å². The third-order valence-corrected chi connectivity index (χ3v) is 14.6. The van der Waals surface area contributed by atoms with Gasteiger partial charge in [0.15, 0.2) is 0 Å². The summed E-state index contributed by atoms with van der Waals surface area (Å²) < 4.78 is 2.61. The summed E-state index contributed by atoms with van der Waals surface area (Å²) in [4.78, 5) is 0. The lowest BCUT2D eigenvalue weighted by molar-refractivity contribution is 1.55. The van der Waals surface area contributed by atoms with E-state index in [9.17, 15) is 0 Å². The second-order valence-corrected chi connectivity index (χ2v) is 14.8. The van der Waals surface area contributed by atoms with Crippen molar-refractivity contribution in [2.24, 2.45) is 0 Å². The van der Waals surface area contributed by atoms with Crippen molar-refractivity contribution in [1.82, 2.24) is 0 Å². The van der Waals surface area contributed by atoms with Crippen LogP contribution in [-0.2, 0) is 0 Å². The smallest absolute Gasteiger partial charge is 0.0443 e. The van der Waals surface area contributed by atoms with Crippen LogP contribution < -0.4 is 25.7 Å². The van der Waals surface area contributed by atoms with Crippen molar-refractivity contribution in [2.45, 2.75) is 0 Å². The monoisotopic (exact) mass is 489 g/mol. The molecule has 0 bridgehead atoms. The Morgan fingerprint density at radius 3 is 0.829 bits per heavy atom. The lowest BCUT2D eigenvalue weighted by atomic mass is 10.3. The molecule has 0 aliphatic heterocycles. The molecule has 0 saturated carbocycles. The molecule has 172 valence electrons. The summed E-state index contributed by atoms with van der Waals surface area (Å²) in [6.45, 7) is 0. The second-order valence-electron chi connectivity index (χ2n) is 8.51. The summed E-state index contributed by atoms with van der Waals surface area (Å²) in [5, 5.41) is 4.93. The van der Waals surface area contributed by atoms with Gasteiger partial charge < -0.3 is 4.44 Å². The van der Waals surface area contributed by atoms with Gasteiger partial charge in [0.2, 0.25) is 0 Å². The molecule has 0 atom stereocenters. The maximum Gasteiger partial charge on any atom is 0.0443 e. The van der Waals surface area contributed by atoms with Crippen molar-refractivity contribution < 1.29 is 0 Å². The predicted molar refractivity (Wildman–Crippen MR) is 161 cm³/mol. The van der Waals surface area contributed by atoms with Crippen LogP contribution in [0.2, 0.25) is 0 Å². The van der Waals surface area contributed by atoms with Gasteiger partial charge in [0.25, 0.3) is 0 Å². The van der Waals surface area contributed by atoms with E-state index in [4.69, 9.17) is 12.6 Å². The molecular weight excluding hydrogens is 460 g/mol. The molecule has 0 spiro atoms. The summed E-state index contributed by atoms with van der Waals surface area (Å²) in [6, 6.07) is 53.8. The number of nitrogens with zero attached hydrogens (tertiary/aromatic N) is 1. The maximum atomic E-state index is 5.13. The zero-order valence-corrected chi connectivity index (χ0v) is 21.5. The third kappa shape index (κ3) is 4.23. The Morgan fingerprint density at radius 1 is 0.343 bits per heavy atom. The van der Waals surface area contributed by atoms with Crippen LogP contribution in [0.5, 0.6) is 0 Å². The minimum Gasteiger partial charge on any atom is -0.318 e. The first-order valence-corrected chi connectivity index (χ1v) is 15.6. The molecule has 35 heavy (non-hydrogen) atoms. The lowest BCUT2D eigenvalue weighted by Gasteiger charge is -2.48. The Bertz CT molecular complexity index is 1280. The van der Waals surface area contributed by atoms with E-state index in [2.05, 4.69) is 156 Å². The highest BCUT2D eigenvalue weighted by Crippen LogP contribution is 2.65. The van der Waals surface area contributed by atoms with Gasteiger partial charge in [-0.3, -0.25) is 0 Å². The molecule has 0 aromatic heterocycles. The Kier molecular flexibility index (Phi) is 6.65. The first-order valence-electron chi connectivity index (χ1n) is 11.7. The van der Waals surface area contributed by atoms with Crippen molar-refractivity contribution in [1.29, 1.82) is 0 Å². The van der Waals surface area contributed by atoms with Gasteiger partial charge >= 0.3 is 0 Å². The summed E-state index contributed by atoms with van der Waals surface area (Å²) in [5.41, 5.74) is 1.14. The van der Waals surface area contributed by atoms with E-state index in [1.54, 1.807) is 0 Å². The highest BCUT2D eigenvalue weighted by molar-refractivity contribution is 8.04. The van der Waals surface area contributed by atoms with Crippen LogP contribution in [0.1, 0.15) is 0 Å². The molecule has 0 aliphatic rings. The van der Waals surface area contributed by atoms with E-state index in [1.807, 2.05) is 0 Å². The number of para-hydroxylation sites is 1. The van der Waals surface area contributed by atoms with Crippen LogP contribution >= 0.6 is 14.1 Å². The third-order valence-electron chi connectivity index (χ3n) is 6.37. The Labute approximate surface area is 209 Å². The Morgan fingerprint density at radius 2 is 0.571 bits per heavy atom. The van der Waals surface area contributed by atoms with Crippen molar-refractivity contribution in [3.63, 3.8) is 0 Å². The van der Waals surface area contributed by atoms with Crippen LogP contribution in [0, 0.1) is 0 Å².